The number of carboxylic acid groups (broad SMARTS) is 1. The standard InChI is InChI=1S/C20H21NO4/c1-11-2-4-12(5-3-11)15(10-16(22)23)21-19(24)17-13-6-7-14(9-8-13)18(17)20(21)25/h2-7,13-15,17-18H,8-10H2,1H3,(H,22,23). The van der Waals surface area contributed by atoms with Gasteiger partial charge in [-0.05, 0) is 37.2 Å². The maximum atomic E-state index is 13.1. The van der Waals surface area contributed by atoms with Crippen molar-refractivity contribution in [2.24, 2.45) is 23.7 Å². The zero-order valence-corrected chi connectivity index (χ0v) is 14.1. The van der Waals surface area contributed by atoms with E-state index in [1.54, 1.807) is 0 Å². The van der Waals surface area contributed by atoms with Crippen LogP contribution in [0, 0.1) is 30.6 Å². The summed E-state index contributed by atoms with van der Waals surface area (Å²) < 4.78 is 0. The number of carbonyl (C=O) groups is 3. The fourth-order valence-corrected chi connectivity index (χ4v) is 4.72. The molecule has 5 nitrogen and oxygen atoms in total. The Balaban J connectivity index is 1.72. The van der Waals surface area contributed by atoms with Crippen molar-refractivity contribution in [3.63, 3.8) is 0 Å². The van der Waals surface area contributed by atoms with Crippen molar-refractivity contribution in [2.75, 3.05) is 0 Å². The third-order valence-corrected chi connectivity index (χ3v) is 5.94. The molecule has 5 atom stereocenters. The second kappa shape index (κ2) is 5.83. The zero-order chi connectivity index (χ0) is 17.7. The molecule has 2 amide bonds. The number of aryl methyl sites for hydroxylation is 1. The Morgan fingerprint density at radius 3 is 2.04 bits per heavy atom. The molecule has 3 aliphatic carbocycles. The highest BCUT2D eigenvalue weighted by atomic mass is 16.4. The first kappa shape index (κ1) is 16.1. The van der Waals surface area contributed by atoms with Gasteiger partial charge in [-0.15, -0.1) is 0 Å². The molecule has 1 saturated heterocycles. The number of nitrogens with zero attached hydrogens (tertiary/aromatic N) is 1. The molecule has 2 bridgehead atoms. The van der Waals surface area contributed by atoms with E-state index in [-0.39, 0.29) is 41.9 Å². The Morgan fingerprint density at radius 1 is 1.08 bits per heavy atom. The summed E-state index contributed by atoms with van der Waals surface area (Å²) in [5, 5.41) is 9.35. The van der Waals surface area contributed by atoms with Gasteiger partial charge in [0.2, 0.25) is 11.8 Å². The first-order chi connectivity index (χ1) is 12.0. The lowest BCUT2D eigenvalue weighted by Crippen LogP contribution is -2.38. The van der Waals surface area contributed by atoms with Crippen LogP contribution in [0.3, 0.4) is 0 Å². The van der Waals surface area contributed by atoms with E-state index in [0.29, 0.717) is 5.56 Å². The Hall–Kier alpha value is -2.43. The molecule has 25 heavy (non-hydrogen) atoms. The maximum Gasteiger partial charge on any atom is 0.305 e. The van der Waals surface area contributed by atoms with E-state index in [1.165, 1.54) is 4.90 Å². The number of hydrogen-bond acceptors (Lipinski definition) is 3. The predicted molar refractivity (Wildman–Crippen MR) is 90.4 cm³/mol. The number of imide groups is 1. The lowest BCUT2D eigenvalue weighted by Gasteiger charge is -2.38. The predicted octanol–water partition coefficient (Wildman–Crippen LogP) is 2.71. The van der Waals surface area contributed by atoms with Crippen molar-refractivity contribution < 1.29 is 19.5 Å². The maximum absolute atomic E-state index is 13.1. The van der Waals surface area contributed by atoms with Gasteiger partial charge >= 0.3 is 5.97 Å². The molecule has 1 aromatic carbocycles. The topological polar surface area (TPSA) is 74.7 Å². The van der Waals surface area contributed by atoms with E-state index in [4.69, 9.17) is 0 Å². The molecule has 5 heteroatoms. The van der Waals surface area contributed by atoms with Crippen molar-refractivity contribution in [1.29, 1.82) is 0 Å². The van der Waals surface area contributed by atoms with Gasteiger partial charge in [0.05, 0.1) is 24.3 Å². The number of allylic oxidation sites excluding steroid dienone is 2. The number of aliphatic carboxylic acids is 1. The zero-order valence-electron chi connectivity index (χ0n) is 14.1. The van der Waals surface area contributed by atoms with Gasteiger partial charge in [0.15, 0.2) is 0 Å². The molecule has 1 heterocycles. The Kier molecular flexibility index (Phi) is 3.74. The number of hydrogen-bond donors (Lipinski definition) is 1. The summed E-state index contributed by atoms with van der Waals surface area (Å²) in [6, 6.07) is 6.67. The number of carboxylic acids is 1. The highest BCUT2D eigenvalue weighted by Crippen LogP contribution is 2.51. The van der Waals surface area contributed by atoms with Gasteiger partial charge in [0.1, 0.15) is 0 Å². The van der Waals surface area contributed by atoms with Gasteiger partial charge in [-0.2, -0.15) is 0 Å². The van der Waals surface area contributed by atoms with E-state index in [2.05, 4.69) is 12.2 Å². The minimum Gasteiger partial charge on any atom is -0.481 e. The van der Waals surface area contributed by atoms with E-state index < -0.39 is 12.0 Å². The number of likely N-dealkylation sites (tertiary alicyclic amines) is 1. The summed E-state index contributed by atoms with van der Waals surface area (Å²) in [6.45, 7) is 1.94. The average molecular weight is 339 g/mol. The van der Waals surface area contributed by atoms with Gasteiger partial charge < -0.3 is 5.11 Å². The molecule has 130 valence electrons. The van der Waals surface area contributed by atoms with Crippen LogP contribution in [0.15, 0.2) is 36.4 Å². The Bertz CT molecular complexity index is 734. The lowest BCUT2D eigenvalue weighted by molar-refractivity contribution is -0.146. The van der Waals surface area contributed by atoms with Crippen LogP contribution in [0.1, 0.15) is 36.4 Å². The van der Waals surface area contributed by atoms with Crippen LogP contribution in [0.4, 0.5) is 0 Å². The van der Waals surface area contributed by atoms with E-state index in [9.17, 15) is 19.5 Å². The average Bonchev–Trinajstić information content (AvgIpc) is 2.88. The summed E-state index contributed by atoms with van der Waals surface area (Å²) in [5.74, 6) is -1.79. The third kappa shape index (κ3) is 2.49. The van der Waals surface area contributed by atoms with Crippen molar-refractivity contribution in [1.82, 2.24) is 4.90 Å². The number of amides is 2. The second-order valence-corrected chi connectivity index (χ2v) is 7.41. The van der Waals surface area contributed by atoms with E-state index in [1.807, 2.05) is 31.2 Å². The lowest BCUT2D eigenvalue weighted by atomic mass is 9.63. The van der Waals surface area contributed by atoms with Gasteiger partial charge in [0, 0.05) is 0 Å². The SMILES string of the molecule is Cc1ccc(C(CC(=O)O)N2C(=O)C3C4C=CC(CC4)C3C2=O)cc1. The van der Waals surface area contributed by atoms with Crippen LogP contribution < -0.4 is 0 Å². The van der Waals surface area contributed by atoms with Crippen LogP contribution in [-0.4, -0.2) is 27.8 Å². The quantitative estimate of drug-likeness (QED) is 0.676. The Labute approximate surface area is 146 Å². The summed E-state index contributed by atoms with van der Waals surface area (Å²) in [5.41, 5.74) is 1.75. The van der Waals surface area contributed by atoms with Crippen molar-refractivity contribution in [2.45, 2.75) is 32.2 Å². The van der Waals surface area contributed by atoms with Crippen LogP contribution in [0.25, 0.3) is 0 Å². The number of carbonyl (C=O) groups excluding carboxylic acids is 2. The smallest absolute Gasteiger partial charge is 0.305 e. The fourth-order valence-electron chi connectivity index (χ4n) is 4.72. The van der Waals surface area contributed by atoms with Crippen LogP contribution in [0.2, 0.25) is 0 Å². The van der Waals surface area contributed by atoms with Gasteiger partial charge in [-0.1, -0.05) is 42.0 Å². The molecule has 1 aliphatic heterocycles. The molecule has 0 spiro atoms. The monoisotopic (exact) mass is 339 g/mol. The molecular formula is C20H21NO4. The molecule has 5 rings (SSSR count). The van der Waals surface area contributed by atoms with Gasteiger partial charge in [0.25, 0.3) is 0 Å². The highest BCUT2D eigenvalue weighted by Gasteiger charge is 2.58. The summed E-state index contributed by atoms with van der Waals surface area (Å²) >= 11 is 0. The summed E-state index contributed by atoms with van der Waals surface area (Å²) in [7, 11) is 0. The fraction of sp³-hybridized carbons (Fsp3) is 0.450. The van der Waals surface area contributed by atoms with E-state index in [0.717, 1.165) is 18.4 Å². The first-order valence-electron chi connectivity index (χ1n) is 8.81. The van der Waals surface area contributed by atoms with Crippen LogP contribution >= 0.6 is 0 Å². The number of benzene rings is 1. The minimum absolute atomic E-state index is 0.111. The molecule has 2 fully saturated rings. The van der Waals surface area contributed by atoms with Gasteiger partial charge in [-0.3, -0.25) is 19.3 Å². The van der Waals surface area contributed by atoms with E-state index >= 15 is 0 Å². The highest BCUT2D eigenvalue weighted by molar-refractivity contribution is 6.06. The molecule has 0 aromatic heterocycles. The Morgan fingerprint density at radius 2 is 1.60 bits per heavy atom. The third-order valence-electron chi connectivity index (χ3n) is 5.94. The molecule has 1 aromatic rings. The molecule has 0 radical (unpaired) electrons. The molecule has 1 N–H and O–H groups in total. The largest absolute Gasteiger partial charge is 0.481 e. The van der Waals surface area contributed by atoms with Crippen LogP contribution in [0.5, 0.6) is 0 Å². The summed E-state index contributed by atoms with van der Waals surface area (Å²) in [4.78, 5) is 38.8. The molecular weight excluding hydrogens is 318 g/mol. The molecule has 4 aliphatic rings. The van der Waals surface area contributed by atoms with Crippen molar-refractivity contribution >= 4 is 17.8 Å². The number of fused-ring (bicyclic) bond motifs is 1. The number of rotatable bonds is 4. The molecule has 1 saturated carbocycles. The van der Waals surface area contributed by atoms with Gasteiger partial charge in [-0.25, -0.2) is 0 Å². The molecule has 5 unspecified atom stereocenters. The minimum atomic E-state index is -1.01. The van der Waals surface area contributed by atoms with Crippen LogP contribution in [-0.2, 0) is 14.4 Å². The van der Waals surface area contributed by atoms with Crippen molar-refractivity contribution in [3.05, 3.63) is 47.5 Å². The summed E-state index contributed by atoms with van der Waals surface area (Å²) in [6.07, 6.45) is 5.75. The first-order valence-corrected chi connectivity index (χ1v) is 8.81. The normalized spacial score (nSPS) is 31.3. The van der Waals surface area contributed by atoms with Crippen molar-refractivity contribution in [3.8, 4) is 0 Å². The second-order valence-electron chi connectivity index (χ2n) is 7.41.